The monoisotopic (exact) mass is 881 g/mol. The van der Waals surface area contributed by atoms with Crippen molar-refractivity contribution in [1.82, 2.24) is 36.9 Å². The predicted molar refractivity (Wildman–Crippen MR) is 238 cm³/mol. The second kappa shape index (κ2) is 23.4. The van der Waals surface area contributed by atoms with E-state index >= 15 is 0 Å². The van der Waals surface area contributed by atoms with Gasteiger partial charge >= 0.3 is 11.9 Å². The first kappa shape index (κ1) is 49.6. The molecule has 3 aromatic carbocycles. The third-order valence-corrected chi connectivity index (χ3v) is 10.9. The maximum absolute atomic E-state index is 14.2. The summed E-state index contributed by atoms with van der Waals surface area (Å²) in [6, 6.07) is 17.3. The molecule has 0 aliphatic rings. The third kappa shape index (κ3) is 14.0. The van der Waals surface area contributed by atoms with Crippen LogP contribution in [-0.2, 0) is 44.8 Å². The van der Waals surface area contributed by atoms with E-state index in [1.54, 1.807) is 58.2 Å². The molecule has 17 heteroatoms. The van der Waals surface area contributed by atoms with Crippen LogP contribution in [0.15, 0.2) is 91.1 Å². The average Bonchev–Trinajstić information content (AvgIpc) is 3.66. The molecule has 0 bridgehead atoms. The zero-order valence-corrected chi connectivity index (χ0v) is 36.8. The number of nitrogens with one attached hydrogen (secondary N) is 7. The summed E-state index contributed by atoms with van der Waals surface area (Å²) >= 11 is 0. The topological polar surface area (TPSA) is 265 Å². The predicted octanol–water partition coefficient (Wildman–Crippen LogP) is 3.14. The van der Waals surface area contributed by atoms with Gasteiger partial charge in [0.25, 0.3) is 0 Å². The molecule has 0 unspecified atom stereocenters. The fourth-order valence-corrected chi connectivity index (χ4v) is 7.38. The molecule has 17 nitrogen and oxygen atoms in total. The standard InChI is InChI=1S/C47H59N7O10/c1-7-27(4)40(45(61)53-37(47(63)64)23-32-25-48-34-21-15-14-20-33(32)34)54-42(58)28(5)49-43(59)36(24-38(56)57)51-44(60)35(22-26(2)3)52-46(62)41(50-29(6)55)39(30-16-10-8-11-17-30)31-18-12-9-13-19-31/h8-21,25-28,35-37,39-41,48H,7,22-24H2,1-6H3,(H,49,59)(H,50,55)(H,51,60)(H,52,62)(H,53,61)(H,54,58)(H,56,57)(H,63,64)/t27-,28-,35-,36-,37-,40-,41+/m0/s1. The molecule has 0 fully saturated rings. The number of fused-ring (bicyclic) bond motifs is 1. The molecule has 1 heterocycles. The molecular formula is C47H59N7O10. The molecule has 6 amide bonds. The summed E-state index contributed by atoms with van der Waals surface area (Å²) in [5.74, 6) is -8.80. The van der Waals surface area contributed by atoms with Crippen LogP contribution >= 0.6 is 0 Å². The van der Waals surface area contributed by atoms with Gasteiger partial charge in [-0.3, -0.25) is 33.6 Å². The third-order valence-electron chi connectivity index (χ3n) is 10.9. The van der Waals surface area contributed by atoms with Crippen LogP contribution < -0.4 is 31.9 Å². The van der Waals surface area contributed by atoms with Gasteiger partial charge in [0.15, 0.2) is 0 Å². The Morgan fingerprint density at radius 3 is 1.67 bits per heavy atom. The lowest BCUT2D eigenvalue weighted by molar-refractivity contribution is -0.142. The summed E-state index contributed by atoms with van der Waals surface area (Å²) in [5, 5.41) is 36.0. The summed E-state index contributed by atoms with van der Waals surface area (Å²) in [7, 11) is 0. The Kier molecular flexibility index (Phi) is 18.2. The molecule has 1 aromatic heterocycles. The quantitative estimate of drug-likeness (QED) is 0.0526. The number of benzene rings is 3. The normalized spacial score (nSPS) is 14.5. The van der Waals surface area contributed by atoms with Crippen molar-refractivity contribution in [1.29, 1.82) is 0 Å². The van der Waals surface area contributed by atoms with Gasteiger partial charge in [0.2, 0.25) is 35.4 Å². The molecule has 9 N–H and O–H groups in total. The fourth-order valence-electron chi connectivity index (χ4n) is 7.38. The minimum absolute atomic E-state index is 0.0467. The molecule has 0 saturated heterocycles. The number of aromatic nitrogens is 1. The average molecular weight is 882 g/mol. The number of rotatable bonds is 23. The number of aliphatic carboxylic acids is 2. The van der Waals surface area contributed by atoms with E-state index < -0.39 is 102 Å². The maximum Gasteiger partial charge on any atom is 0.326 e. The lowest BCUT2D eigenvalue weighted by Gasteiger charge is -2.30. The number of carbonyl (C=O) groups excluding carboxylic acids is 6. The number of carbonyl (C=O) groups is 8. The summed E-state index contributed by atoms with van der Waals surface area (Å²) in [4.78, 5) is 109. The van der Waals surface area contributed by atoms with Crippen molar-refractivity contribution < 1.29 is 48.6 Å². The first-order chi connectivity index (χ1) is 30.4. The van der Waals surface area contributed by atoms with Crippen molar-refractivity contribution in [2.75, 3.05) is 0 Å². The largest absolute Gasteiger partial charge is 0.481 e. The highest BCUT2D eigenvalue weighted by molar-refractivity contribution is 5.98. The van der Waals surface area contributed by atoms with E-state index in [1.807, 2.05) is 60.7 Å². The van der Waals surface area contributed by atoms with Gasteiger partial charge in [0, 0.05) is 36.4 Å². The first-order valence-corrected chi connectivity index (χ1v) is 21.3. The van der Waals surface area contributed by atoms with E-state index in [0.29, 0.717) is 23.1 Å². The Morgan fingerprint density at radius 1 is 0.594 bits per heavy atom. The Balaban J connectivity index is 1.49. The van der Waals surface area contributed by atoms with E-state index in [-0.39, 0.29) is 18.8 Å². The fraction of sp³-hybridized carbons (Fsp3) is 0.404. The molecule has 0 radical (unpaired) electrons. The minimum Gasteiger partial charge on any atom is -0.481 e. The summed E-state index contributed by atoms with van der Waals surface area (Å²) in [6.07, 6.45) is 1.20. The van der Waals surface area contributed by atoms with Crippen molar-refractivity contribution in [3.63, 3.8) is 0 Å². The molecule has 342 valence electrons. The Labute approximate surface area is 371 Å². The van der Waals surface area contributed by atoms with Crippen molar-refractivity contribution in [3.05, 3.63) is 108 Å². The number of amides is 6. The van der Waals surface area contributed by atoms with Crippen molar-refractivity contribution in [3.8, 4) is 0 Å². The zero-order valence-electron chi connectivity index (χ0n) is 36.8. The Hall–Kier alpha value is -7.04. The van der Waals surface area contributed by atoms with Crippen LogP contribution in [0.25, 0.3) is 10.9 Å². The molecule has 0 saturated carbocycles. The number of carboxylic acids is 2. The smallest absolute Gasteiger partial charge is 0.326 e. The van der Waals surface area contributed by atoms with E-state index in [9.17, 15) is 48.6 Å². The highest BCUT2D eigenvalue weighted by atomic mass is 16.4. The van der Waals surface area contributed by atoms with E-state index in [0.717, 1.165) is 10.9 Å². The molecule has 4 rings (SSSR count). The van der Waals surface area contributed by atoms with Gasteiger partial charge in [-0.15, -0.1) is 0 Å². The summed E-state index contributed by atoms with van der Waals surface area (Å²) < 4.78 is 0. The molecule has 7 atom stereocenters. The van der Waals surface area contributed by atoms with E-state index in [2.05, 4.69) is 36.9 Å². The van der Waals surface area contributed by atoms with Gasteiger partial charge in [-0.05, 0) is 47.9 Å². The maximum atomic E-state index is 14.2. The van der Waals surface area contributed by atoms with Crippen LogP contribution in [0.1, 0.15) is 83.4 Å². The number of hydrogen-bond donors (Lipinski definition) is 9. The van der Waals surface area contributed by atoms with Gasteiger partial charge in [0.1, 0.15) is 36.3 Å². The Morgan fingerprint density at radius 2 is 1.12 bits per heavy atom. The van der Waals surface area contributed by atoms with Gasteiger partial charge in [-0.25, -0.2) is 4.79 Å². The van der Waals surface area contributed by atoms with Crippen molar-refractivity contribution in [2.24, 2.45) is 11.8 Å². The van der Waals surface area contributed by atoms with Crippen LogP contribution in [-0.4, -0.2) is 98.8 Å². The molecule has 64 heavy (non-hydrogen) atoms. The van der Waals surface area contributed by atoms with Gasteiger partial charge < -0.3 is 47.1 Å². The van der Waals surface area contributed by atoms with Crippen molar-refractivity contribution in [2.45, 2.75) is 109 Å². The SMILES string of the molecule is CC[C@H](C)[C@H](NC(=O)[C@H](C)NC(=O)[C@H](CC(=O)O)NC(=O)[C@H](CC(C)C)NC(=O)[C@H](NC(C)=O)C(c1ccccc1)c1ccccc1)C(=O)N[C@@H](Cc1c[nH]c2ccccc12)C(=O)O. The van der Waals surface area contributed by atoms with Crippen LogP contribution in [0.2, 0.25) is 0 Å². The van der Waals surface area contributed by atoms with Gasteiger partial charge in [-0.1, -0.05) is 113 Å². The minimum atomic E-state index is -1.71. The summed E-state index contributed by atoms with van der Waals surface area (Å²) in [5.41, 5.74) is 2.89. The lowest BCUT2D eigenvalue weighted by atomic mass is 9.84. The molecule has 0 spiro atoms. The molecule has 0 aliphatic heterocycles. The second-order valence-electron chi connectivity index (χ2n) is 16.4. The molecule has 4 aromatic rings. The van der Waals surface area contributed by atoms with Crippen LogP contribution in [0.4, 0.5) is 0 Å². The van der Waals surface area contributed by atoms with Gasteiger partial charge in [-0.2, -0.15) is 0 Å². The number of H-pyrrole nitrogens is 1. The Bertz CT molecular complexity index is 2230. The lowest BCUT2D eigenvalue weighted by Crippen LogP contribution is -2.60. The first-order valence-electron chi connectivity index (χ1n) is 21.3. The van der Waals surface area contributed by atoms with E-state index in [1.165, 1.54) is 13.8 Å². The highest BCUT2D eigenvalue weighted by Crippen LogP contribution is 2.29. The molecule has 0 aliphatic carbocycles. The second-order valence-corrected chi connectivity index (χ2v) is 16.4. The van der Waals surface area contributed by atoms with Gasteiger partial charge in [0.05, 0.1) is 6.42 Å². The number of aromatic amines is 1. The van der Waals surface area contributed by atoms with Crippen LogP contribution in [0.3, 0.4) is 0 Å². The number of carboxylic acid groups (broad SMARTS) is 2. The molecular weight excluding hydrogens is 823 g/mol. The van der Waals surface area contributed by atoms with Crippen molar-refractivity contribution >= 4 is 58.3 Å². The van der Waals surface area contributed by atoms with Crippen LogP contribution in [0, 0.1) is 11.8 Å². The highest BCUT2D eigenvalue weighted by Gasteiger charge is 2.37. The van der Waals surface area contributed by atoms with E-state index in [4.69, 9.17) is 0 Å². The zero-order chi connectivity index (χ0) is 47.1. The number of para-hydroxylation sites is 1. The van der Waals surface area contributed by atoms with Crippen LogP contribution in [0.5, 0.6) is 0 Å². The number of hydrogen-bond acceptors (Lipinski definition) is 8. The summed E-state index contributed by atoms with van der Waals surface area (Å²) in [6.45, 7) is 9.64.